The van der Waals surface area contributed by atoms with Gasteiger partial charge >= 0.3 is 0 Å². The molecule has 118 valence electrons. The van der Waals surface area contributed by atoms with Crippen molar-refractivity contribution in [2.75, 3.05) is 6.54 Å². The average Bonchev–Trinajstić information content (AvgIpc) is 2.96. The molecule has 2 bridgehead atoms. The predicted octanol–water partition coefficient (Wildman–Crippen LogP) is 2.18. The minimum Gasteiger partial charge on any atom is -0.340 e. The van der Waals surface area contributed by atoms with Crippen LogP contribution in [0.3, 0.4) is 0 Å². The first-order chi connectivity index (χ1) is 9.79. The highest BCUT2D eigenvalue weighted by Crippen LogP contribution is 2.48. The zero-order chi connectivity index (χ0) is 15.4. The molecule has 2 aliphatic carbocycles. The first-order valence-electron chi connectivity index (χ1n) is 8.42. The van der Waals surface area contributed by atoms with Gasteiger partial charge in [-0.1, -0.05) is 20.3 Å². The van der Waals surface area contributed by atoms with E-state index in [9.17, 15) is 9.59 Å². The largest absolute Gasteiger partial charge is 0.340 e. The van der Waals surface area contributed by atoms with Crippen LogP contribution < -0.4 is 5.32 Å². The Balaban J connectivity index is 1.81. The molecular weight excluding hydrogens is 264 g/mol. The van der Waals surface area contributed by atoms with Crippen molar-refractivity contribution in [3.63, 3.8) is 0 Å². The van der Waals surface area contributed by atoms with Gasteiger partial charge in [0, 0.05) is 6.54 Å². The summed E-state index contributed by atoms with van der Waals surface area (Å²) in [6.07, 6.45) is 5.28. The van der Waals surface area contributed by atoms with Crippen LogP contribution in [0.25, 0.3) is 0 Å². The van der Waals surface area contributed by atoms with E-state index in [2.05, 4.69) is 5.32 Å². The molecule has 1 heterocycles. The van der Waals surface area contributed by atoms with Crippen molar-refractivity contribution in [3.8, 4) is 0 Å². The van der Waals surface area contributed by atoms with Gasteiger partial charge in [0.2, 0.25) is 11.8 Å². The van der Waals surface area contributed by atoms with Crippen molar-refractivity contribution in [1.29, 1.82) is 0 Å². The van der Waals surface area contributed by atoms with Crippen LogP contribution in [0.15, 0.2) is 0 Å². The zero-order valence-electron chi connectivity index (χ0n) is 13.7. The minimum atomic E-state index is -0.764. The first kappa shape index (κ1) is 14.9. The Morgan fingerprint density at radius 3 is 2.48 bits per heavy atom. The number of carbonyl (C=O) groups excluding carboxylic acids is 2. The summed E-state index contributed by atoms with van der Waals surface area (Å²) in [5, 5.41) is 2.90. The van der Waals surface area contributed by atoms with Gasteiger partial charge in [0.05, 0.1) is 0 Å². The van der Waals surface area contributed by atoms with E-state index in [0.29, 0.717) is 5.92 Å². The molecule has 1 aliphatic heterocycles. The Hall–Kier alpha value is -1.06. The molecule has 4 nitrogen and oxygen atoms in total. The maximum absolute atomic E-state index is 12.8. The fourth-order valence-corrected chi connectivity index (χ4v) is 4.77. The van der Waals surface area contributed by atoms with E-state index in [1.807, 2.05) is 32.6 Å². The van der Waals surface area contributed by atoms with E-state index in [4.69, 9.17) is 0 Å². The third-order valence-electron chi connectivity index (χ3n) is 5.78. The highest BCUT2D eigenvalue weighted by atomic mass is 16.2. The molecule has 3 aliphatic rings. The maximum Gasteiger partial charge on any atom is 0.248 e. The summed E-state index contributed by atoms with van der Waals surface area (Å²) in [6.45, 7) is 8.47. The summed E-state index contributed by atoms with van der Waals surface area (Å²) < 4.78 is 0. The monoisotopic (exact) mass is 292 g/mol. The topological polar surface area (TPSA) is 49.4 Å². The maximum atomic E-state index is 12.8. The van der Waals surface area contributed by atoms with Gasteiger partial charge in [-0.2, -0.15) is 0 Å². The Kier molecular flexibility index (Phi) is 3.53. The Labute approximate surface area is 127 Å². The highest BCUT2D eigenvalue weighted by molar-refractivity contribution is 5.99. The normalized spacial score (nSPS) is 38.2. The molecule has 21 heavy (non-hydrogen) atoms. The number of rotatable bonds is 3. The smallest absolute Gasteiger partial charge is 0.248 e. The predicted molar refractivity (Wildman–Crippen MR) is 81.5 cm³/mol. The van der Waals surface area contributed by atoms with Gasteiger partial charge in [0.1, 0.15) is 11.6 Å². The van der Waals surface area contributed by atoms with Gasteiger partial charge in [-0.25, -0.2) is 0 Å². The Bertz CT molecular complexity index is 458. The molecule has 4 heteroatoms. The zero-order valence-corrected chi connectivity index (χ0v) is 13.7. The molecule has 4 atom stereocenters. The number of hydrogen-bond donors (Lipinski definition) is 1. The van der Waals surface area contributed by atoms with Crippen molar-refractivity contribution >= 4 is 11.8 Å². The third-order valence-corrected chi connectivity index (χ3v) is 5.78. The molecule has 0 aromatic rings. The van der Waals surface area contributed by atoms with Crippen LogP contribution in [-0.2, 0) is 9.59 Å². The van der Waals surface area contributed by atoms with Crippen LogP contribution in [0.2, 0.25) is 0 Å². The van der Waals surface area contributed by atoms with Crippen LogP contribution >= 0.6 is 0 Å². The van der Waals surface area contributed by atoms with Crippen LogP contribution in [0.1, 0.15) is 53.4 Å². The fraction of sp³-hybridized carbons (Fsp3) is 0.882. The quantitative estimate of drug-likeness (QED) is 0.867. The van der Waals surface area contributed by atoms with E-state index < -0.39 is 5.54 Å². The molecular formula is C17H28N2O2. The molecule has 0 aromatic carbocycles. The molecule has 0 radical (unpaired) electrons. The molecule has 1 N–H and O–H groups in total. The lowest BCUT2D eigenvalue weighted by molar-refractivity contribution is -0.156. The van der Waals surface area contributed by atoms with Crippen LogP contribution in [0.4, 0.5) is 0 Å². The SMILES string of the molecule is CC(C)C1C(=O)NC(C)(C)C(=O)N1CC1CC2CCC1C2. The van der Waals surface area contributed by atoms with Gasteiger partial charge in [-0.05, 0) is 56.8 Å². The second-order valence-corrected chi connectivity index (χ2v) is 8.20. The van der Waals surface area contributed by atoms with Gasteiger partial charge in [0.15, 0.2) is 0 Å². The molecule has 0 spiro atoms. The number of nitrogens with zero attached hydrogens (tertiary/aromatic N) is 1. The van der Waals surface area contributed by atoms with E-state index in [-0.39, 0.29) is 23.8 Å². The number of piperazine rings is 1. The molecule has 1 saturated heterocycles. The molecule has 2 amide bonds. The van der Waals surface area contributed by atoms with Gasteiger partial charge in [-0.15, -0.1) is 0 Å². The van der Waals surface area contributed by atoms with Crippen molar-refractivity contribution in [1.82, 2.24) is 10.2 Å². The second kappa shape index (κ2) is 4.99. The molecule has 0 aromatic heterocycles. The lowest BCUT2D eigenvalue weighted by Gasteiger charge is -2.46. The third kappa shape index (κ3) is 2.47. The van der Waals surface area contributed by atoms with Crippen molar-refractivity contribution in [2.24, 2.45) is 23.7 Å². The summed E-state index contributed by atoms with van der Waals surface area (Å²) in [5.41, 5.74) is -0.764. The standard InChI is InChI=1S/C17H28N2O2/c1-10(2)14-15(20)18-17(3,4)16(21)19(14)9-13-8-11-5-6-12(13)7-11/h10-14H,5-9H2,1-4H3,(H,18,20). The van der Waals surface area contributed by atoms with Gasteiger partial charge < -0.3 is 10.2 Å². The Morgan fingerprint density at radius 2 is 1.95 bits per heavy atom. The number of fused-ring (bicyclic) bond motifs is 2. The first-order valence-corrected chi connectivity index (χ1v) is 8.42. The van der Waals surface area contributed by atoms with E-state index in [1.54, 1.807) is 0 Å². The summed E-state index contributed by atoms with van der Waals surface area (Å²) in [7, 11) is 0. The summed E-state index contributed by atoms with van der Waals surface area (Å²) in [5.74, 6) is 2.52. The van der Waals surface area contributed by atoms with Crippen molar-refractivity contribution < 1.29 is 9.59 Å². The molecule has 4 unspecified atom stereocenters. The van der Waals surface area contributed by atoms with Crippen LogP contribution in [-0.4, -0.2) is 34.8 Å². The van der Waals surface area contributed by atoms with E-state index in [1.165, 1.54) is 25.7 Å². The van der Waals surface area contributed by atoms with E-state index in [0.717, 1.165) is 18.4 Å². The Morgan fingerprint density at radius 1 is 1.24 bits per heavy atom. The van der Waals surface area contributed by atoms with Crippen LogP contribution in [0, 0.1) is 23.7 Å². The highest BCUT2D eigenvalue weighted by Gasteiger charge is 2.49. The number of carbonyl (C=O) groups is 2. The second-order valence-electron chi connectivity index (χ2n) is 8.20. The van der Waals surface area contributed by atoms with Crippen molar-refractivity contribution in [3.05, 3.63) is 0 Å². The minimum absolute atomic E-state index is 0.0118. The van der Waals surface area contributed by atoms with Gasteiger partial charge in [0.25, 0.3) is 0 Å². The number of hydrogen-bond acceptors (Lipinski definition) is 2. The summed E-state index contributed by atoms with van der Waals surface area (Å²) in [4.78, 5) is 27.1. The lowest BCUT2D eigenvalue weighted by Crippen LogP contribution is -2.69. The fourth-order valence-electron chi connectivity index (χ4n) is 4.77. The van der Waals surface area contributed by atoms with Crippen LogP contribution in [0.5, 0.6) is 0 Å². The van der Waals surface area contributed by atoms with Gasteiger partial charge in [-0.3, -0.25) is 9.59 Å². The molecule has 2 saturated carbocycles. The summed E-state index contributed by atoms with van der Waals surface area (Å²) >= 11 is 0. The molecule has 3 rings (SSSR count). The molecule has 3 fully saturated rings. The number of amides is 2. The number of nitrogens with one attached hydrogen (secondary N) is 1. The summed E-state index contributed by atoms with van der Waals surface area (Å²) in [6, 6.07) is -0.301. The lowest BCUT2D eigenvalue weighted by atomic mass is 9.85. The van der Waals surface area contributed by atoms with Crippen molar-refractivity contribution in [2.45, 2.75) is 65.0 Å². The van der Waals surface area contributed by atoms with E-state index >= 15 is 0 Å². The average molecular weight is 292 g/mol.